The predicted octanol–water partition coefficient (Wildman–Crippen LogP) is 2.11. The van der Waals surface area contributed by atoms with Gasteiger partial charge in [0.1, 0.15) is 5.88 Å². The summed E-state index contributed by atoms with van der Waals surface area (Å²) < 4.78 is 5.13. The average Bonchev–Trinajstić information content (AvgIpc) is 2.35. The number of hydrogen-bond acceptors (Lipinski definition) is 3. The van der Waals surface area contributed by atoms with Gasteiger partial charge in [-0.1, -0.05) is 18.2 Å². The minimum atomic E-state index is -0.388. The van der Waals surface area contributed by atoms with E-state index in [1.165, 1.54) is 0 Å². The lowest BCUT2D eigenvalue weighted by molar-refractivity contribution is -0.118. The molecule has 1 aromatic rings. The molecule has 5 heteroatoms. The fourth-order valence-electron chi connectivity index (χ4n) is 1.39. The van der Waals surface area contributed by atoms with Crippen LogP contribution in [0.3, 0.4) is 0 Å². The van der Waals surface area contributed by atoms with Crippen LogP contribution in [0.25, 0.3) is 0 Å². The quantitative estimate of drug-likeness (QED) is 0.658. The molecule has 0 spiro atoms. The van der Waals surface area contributed by atoms with Crippen LogP contribution < -0.4 is 5.32 Å². The van der Waals surface area contributed by atoms with Crippen molar-refractivity contribution in [3.05, 3.63) is 35.4 Å². The van der Waals surface area contributed by atoms with Gasteiger partial charge in [-0.05, 0) is 25.5 Å². The summed E-state index contributed by atoms with van der Waals surface area (Å²) in [6.07, 6.45) is -0.178. The highest BCUT2D eigenvalue weighted by Crippen LogP contribution is 2.11. The van der Waals surface area contributed by atoms with E-state index < -0.39 is 0 Å². The zero-order valence-corrected chi connectivity index (χ0v) is 11.2. The van der Waals surface area contributed by atoms with E-state index in [9.17, 15) is 9.59 Å². The van der Waals surface area contributed by atoms with Crippen LogP contribution in [0.15, 0.2) is 24.3 Å². The molecule has 0 aliphatic heterocycles. The van der Waals surface area contributed by atoms with Crippen molar-refractivity contribution in [3.8, 4) is 0 Å². The smallest absolute Gasteiger partial charge is 0.338 e. The van der Waals surface area contributed by atoms with Gasteiger partial charge >= 0.3 is 5.97 Å². The second-order valence-corrected chi connectivity index (χ2v) is 4.29. The summed E-state index contributed by atoms with van der Waals surface area (Å²) in [5.74, 6) is -0.761. The summed E-state index contributed by atoms with van der Waals surface area (Å²) in [6.45, 7) is 3.83. The van der Waals surface area contributed by atoms with Gasteiger partial charge in [-0.25, -0.2) is 4.79 Å². The van der Waals surface area contributed by atoms with E-state index in [1.54, 1.807) is 38.1 Å². The number of alkyl halides is 1. The number of esters is 1. The topological polar surface area (TPSA) is 55.4 Å². The van der Waals surface area contributed by atoms with Gasteiger partial charge in [0.25, 0.3) is 0 Å². The highest BCUT2D eigenvalue weighted by molar-refractivity contribution is 6.27. The predicted molar refractivity (Wildman–Crippen MR) is 69.6 cm³/mol. The number of carbonyl (C=O) groups excluding carboxylic acids is 2. The maximum Gasteiger partial charge on any atom is 0.338 e. The largest absolute Gasteiger partial charge is 0.459 e. The van der Waals surface area contributed by atoms with Crippen LogP contribution in [0.4, 0.5) is 0 Å². The van der Waals surface area contributed by atoms with Gasteiger partial charge in [0, 0.05) is 6.54 Å². The third-order valence-electron chi connectivity index (χ3n) is 2.18. The number of carbonyl (C=O) groups is 2. The molecule has 1 aromatic carbocycles. The minimum Gasteiger partial charge on any atom is -0.459 e. The van der Waals surface area contributed by atoms with Gasteiger partial charge in [-0.15, -0.1) is 11.6 Å². The van der Waals surface area contributed by atoms with Crippen LogP contribution >= 0.6 is 11.6 Å². The highest BCUT2D eigenvalue weighted by Gasteiger charge is 2.13. The summed E-state index contributed by atoms with van der Waals surface area (Å²) in [5.41, 5.74) is 1.17. The maximum absolute atomic E-state index is 11.8. The monoisotopic (exact) mass is 269 g/mol. The SMILES string of the molecule is CC(C)OC(=O)c1ccccc1CNC(=O)CCl. The van der Waals surface area contributed by atoms with Gasteiger partial charge in [0.15, 0.2) is 0 Å². The first kappa shape index (κ1) is 14.5. The molecule has 0 radical (unpaired) electrons. The number of nitrogens with one attached hydrogen (secondary N) is 1. The molecule has 0 saturated carbocycles. The Labute approximate surface area is 111 Å². The van der Waals surface area contributed by atoms with E-state index in [2.05, 4.69) is 5.32 Å². The van der Waals surface area contributed by atoms with E-state index in [4.69, 9.17) is 16.3 Å². The molecule has 0 heterocycles. The van der Waals surface area contributed by atoms with E-state index in [0.29, 0.717) is 11.1 Å². The molecule has 1 N–H and O–H groups in total. The molecule has 4 nitrogen and oxygen atoms in total. The fourth-order valence-corrected chi connectivity index (χ4v) is 1.49. The Kier molecular flexibility index (Phi) is 5.65. The molecule has 0 unspecified atom stereocenters. The van der Waals surface area contributed by atoms with Crippen LogP contribution in [0.2, 0.25) is 0 Å². The first-order valence-electron chi connectivity index (χ1n) is 5.66. The van der Waals surface area contributed by atoms with Gasteiger partial charge < -0.3 is 10.1 Å². The Hall–Kier alpha value is -1.55. The highest BCUT2D eigenvalue weighted by atomic mass is 35.5. The number of ether oxygens (including phenoxy) is 1. The Bertz CT molecular complexity index is 432. The van der Waals surface area contributed by atoms with Crippen LogP contribution in [0.5, 0.6) is 0 Å². The van der Waals surface area contributed by atoms with Crippen LogP contribution in [-0.4, -0.2) is 23.9 Å². The number of halogens is 1. The van der Waals surface area contributed by atoms with E-state index in [-0.39, 0.29) is 30.4 Å². The van der Waals surface area contributed by atoms with E-state index in [0.717, 1.165) is 0 Å². The Morgan fingerprint density at radius 1 is 1.33 bits per heavy atom. The Balaban J connectivity index is 2.79. The van der Waals surface area contributed by atoms with Crippen LogP contribution in [-0.2, 0) is 16.1 Å². The Morgan fingerprint density at radius 2 is 2.00 bits per heavy atom. The zero-order valence-electron chi connectivity index (χ0n) is 10.4. The standard InChI is InChI=1S/C13H16ClNO3/c1-9(2)18-13(17)11-6-4-3-5-10(11)8-15-12(16)7-14/h3-6,9H,7-8H2,1-2H3,(H,15,16). The second-order valence-electron chi connectivity index (χ2n) is 4.02. The van der Waals surface area contributed by atoms with Crippen molar-refractivity contribution in [2.24, 2.45) is 0 Å². The molecule has 0 fully saturated rings. The van der Waals surface area contributed by atoms with E-state index >= 15 is 0 Å². The first-order chi connectivity index (χ1) is 8.54. The lowest BCUT2D eigenvalue weighted by Gasteiger charge is -2.12. The van der Waals surface area contributed by atoms with Crippen molar-refractivity contribution >= 4 is 23.5 Å². The summed E-state index contributed by atoms with van der Waals surface area (Å²) in [5, 5.41) is 2.62. The molecule has 18 heavy (non-hydrogen) atoms. The summed E-state index contributed by atoms with van der Waals surface area (Å²) >= 11 is 5.39. The molecule has 98 valence electrons. The molecule has 0 bridgehead atoms. The minimum absolute atomic E-state index is 0.0986. The van der Waals surface area contributed by atoms with Crippen LogP contribution in [0.1, 0.15) is 29.8 Å². The molecule has 0 aromatic heterocycles. The van der Waals surface area contributed by atoms with Gasteiger partial charge in [-0.3, -0.25) is 4.79 Å². The number of amides is 1. The summed E-state index contributed by atoms with van der Waals surface area (Å²) in [7, 11) is 0. The normalized spacial score (nSPS) is 10.2. The van der Waals surface area contributed by atoms with Crippen molar-refractivity contribution in [3.63, 3.8) is 0 Å². The van der Waals surface area contributed by atoms with E-state index in [1.807, 2.05) is 0 Å². The second kappa shape index (κ2) is 7.01. The molecule has 0 saturated heterocycles. The number of hydrogen-bond donors (Lipinski definition) is 1. The Morgan fingerprint density at radius 3 is 2.61 bits per heavy atom. The lowest BCUT2D eigenvalue weighted by Crippen LogP contribution is -2.25. The summed E-state index contributed by atoms with van der Waals surface area (Å²) in [6, 6.07) is 7.00. The molecule has 1 rings (SSSR count). The fraction of sp³-hybridized carbons (Fsp3) is 0.385. The molecular formula is C13H16ClNO3. The average molecular weight is 270 g/mol. The molecule has 0 aliphatic carbocycles. The molecule has 0 atom stereocenters. The molecule has 1 amide bonds. The summed E-state index contributed by atoms with van der Waals surface area (Å²) in [4.78, 5) is 22.9. The van der Waals surface area contributed by atoms with Crippen molar-refractivity contribution in [2.45, 2.75) is 26.5 Å². The van der Waals surface area contributed by atoms with Crippen molar-refractivity contribution in [1.29, 1.82) is 0 Å². The number of benzene rings is 1. The van der Waals surface area contributed by atoms with Gasteiger partial charge in [0.2, 0.25) is 5.91 Å². The van der Waals surface area contributed by atoms with Crippen molar-refractivity contribution < 1.29 is 14.3 Å². The molecular weight excluding hydrogens is 254 g/mol. The third kappa shape index (κ3) is 4.37. The lowest BCUT2D eigenvalue weighted by atomic mass is 10.1. The number of rotatable bonds is 5. The third-order valence-corrected chi connectivity index (χ3v) is 2.42. The van der Waals surface area contributed by atoms with Gasteiger partial charge in [0.05, 0.1) is 11.7 Å². The van der Waals surface area contributed by atoms with Gasteiger partial charge in [-0.2, -0.15) is 0 Å². The maximum atomic E-state index is 11.8. The first-order valence-corrected chi connectivity index (χ1v) is 6.19. The van der Waals surface area contributed by atoms with Crippen molar-refractivity contribution in [1.82, 2.24) is 5.32 Å². The zero-order chi connectivity index (χ0) is 13.5. The molecule has 0 aliphatic rings. The van der Waals surface area contributed by atoms with Crippen LogP contribution in [0, 0.1) is 0 Å². The van der Waals surface area contributed by atoms with Crippen molar-refractivity contribution in [2.75, 3.05) is 5.88 Å².